The second-order valence-corrected chi connectivity index (χ2v) is 4.62. The van der Waals surface area contributed by atoms with Gasteiger partial charge in [0.2, 0.25) is 0 Å². The predicted octanol–water partition coefficient (Wildman–Crippen LogP) is 2.90. The van der Waals surface area contributed by atoms with Crippen LogP contribution in [0.1, 0.15) is 45.2 Å². The maximum Gasteiger partial charge on any atom is 0.119 e. The maximum atomic E-state index is 9.48. The molecule has 0 saturated heterocycles. The van der Waals surface area contributed by atoms with Crippen LogP contribution in [0.2, 0.25) is 0 Å². The van der Waals surface area contributed by atoms with Crippen LogP contribution >= 0.6 is 0 Å². The first kappa shape index (κ1) is 15.0. The molecule has 0 heterocycles. The summed E-state index contributed by atoms with van der Waals surface area (Å²) in [6.45, 7) is 7.62. The molecule has 0 aromatic heterocycles. The highest BCUT2D eigenvalue weighted by Crippen LogP contribution is 2.19. The van der Waals surface area contributed by atoms with E-state index in [0.29, 0.717) is 19.1 Å². The Morgan fingerprint density at radius 1 is 1.33 bits per heavy atom. The lowest BCUT2D eigenvalue weighted by molar-refractivity contribution is 0.104. The van der Waals surface area contributed by atoms with Gasteiger partial charge in [-0.05, 0) is 44.0 Å². The number of rotatable bonds is 8. The predicted molar refractivity (Wildman–Crippen MR) is 74.9 cm³/mol. The molecule has 3 heteroatoms. The molecule has 0 spiro atoms. The van der Waals surface area contributed by atoms with E-state index in [1.165, 1.54) is 5.56 Å². The van der Waals surface area contributed by atoms with Crippen molar-refractivity contribution in [2.75, 3.05) is 13.2 Å². The van der Waals surface area contributed by atoms with E-state index < -0.39 is 0 Å². The summed E-state index contributed by atoms with van der Waals surface area (Å²) in [7, 11) is 0. The molecule has 0 bridgehead atoms. The molecule has 1 rings (SSSR count). The molecule has 0 saturated carbocycles. The molecule has 0 aliphatic heterocycles. The summed E-state index contributed by atoms with van der Waals surface area (Å²) < 4.78 is 5.58. The Labute approximate surface area is 110 Å². The Morgan fingerprint density at radius 2 is 2.11 bits per heavy atom. The van der Waals surface area contributed by atoms with Gasteiger partial charge in [-0.1, -0.05) is 26.0 Å². The third kappa shape index (κ3) is 5.07. The van der Waals surface area contributed by atoms with E-state index in [2.05, 4.69) is 25.2 Å². The third-order valence-corrected chi connectivity index (χ3v) is 2.97. The third-order valence-electron chi connectivity index (χ3n) is 2.97. The number of ether oxygens (including phenoxy) is 1. The first-order chi connectivity index (χ1) is 8.67. The minimum absolute atomic E-state index is 0.324. The van der Waals surface area contributed by atoms with Crippen molar-refractivity contribution in [3.05, 3.63) is 29.8 Å². The van der Waals surface area contributed by atoms with Gasteiger partial charge < -0.3 is 15.2 Å². The van der Waals surface area contributed by atoms with Crippen LogP contribution in [0.4, 0.5) is 0 Å². The molecule has 18 heavy (non-hydrogen) atoms. The minimum Gasteiger partial charge on any atom is -0.491 e. The number of hydrogen-bond donors (Lipinski definition) is 2. The van der Waals surface area contributed by atoms with E-state index in [1.807, 2.05) is 25.1 Å². The maximum absolute atomic E-state index is 9.48. The van der Waals surface area contributed by atoms with E-state index in [9.17, 15) is 5.11 Å². The topological polar surface area (TPSA) is 41.5 Å². The number of hydrogen-bond acceptors (Lipinski definition) is 3. The first-order valence-electron chi connectivity index (χ1n) is 6.81. The molecule has 2 unspecified atom stereocenters. The lowest BCUT2D eigenvalue weighted by Crippen LogP contribution is -2.19. The average Bonchev–Trinajstić information content (AvgIpc) is 2.42. The highest BCUT2D eigenvalue weighted by molar-refractivity contribution is 5.30. The van der Waals surface area contributed by atoms with Crippen molar-refractivity contribution < 1.29 is 9.84 Å². The summed E-state index contributed by atoms with van der Waals surface area (Å²) >= 11 is 0. The van der Waals surface area contributed by atoms with Gasteiger partial charge in [-0.25, -0.2) is 0 Å². The van der Waals surface area contributed by atoms with Crippen molar-refractivity contribution in [1.82, 2.24) is 5.32 Å². The molecule has 1 aromatic carbocycles. The SMILES string of the molecule is CCCNC(C)c1cccc(OCC(O)CC)c1. The van der Waals surface area contributed by atoms with Crippen molar-refractivity contribution >= 4 is 0 Å². The van der Waals surface area contributed by atoms with Gasteiger partial charge in [0.1, 0.15) is 12.4 Å². The van der Waals surface area contributed by atoms with Crippen molar-refractivity contribution in [1.29, 1.82) is 0 Å². The smallest absolute Gasteiger partial charge is 0.119 e. The van der Waals surface area contributed by atoms with Crippen LogP contribution in [0.25, 0.3) is 0 Å². The Bertz CT molecular complexity index is 341. The normalized spacial score (nSPS) is 14.2. The average molecular weight is 251 g/mol. The van der Waals surface area contributed by atoms with Crippen LogP contribution < -0.4 is 10.1 Å². The highest BCUT2D eigenvalue weighted by Gasteiger charge is 2.06. The molecule has 0 radical (unpaired) electrons. The van der Waals surface area contributed by atoms with Gasteiger partial charge in [0.15, 0.2) is 0 Å². The zero-order chi connectivity index (χ0) is 13.4. The van der Waals surface area contributed by atoms with Crippen LogP contribution in [-0.2, 0) is 0 Å². The van der Waals surface area contributed by atoms with Gasteiger partial charge >= 0.3 is 0 Å². The van der Waals surface area contributed by atoms with Crippen LogP contribution in [-0.4, -0.2) is 24.4 Å². The quantitative estimate of drug-likeness (QED) is 0.746. The van der Waals surface area contributed by atoms with Gasteiger partial charge in [0.25, 0.3) is 0 Å². The number of aliphatic hydroxyl groups excluding tert-OH is 1. The molecule has 2 N–H and O–H groups in total. The summed E-state index contributed by atoms with van der Waals surface area (Å²) in [5, 5.41) is 12.9. The summed E-state index contributed by atoms with van der Waals surface area (Å²) in [4.78, 5) is 0. The minimum atomic E-state index is -0.385. The van der Waals surface area contributed by atoms with Crippen LogP contribution in [0.3, 0.4) is 0 Å². The van der Waals surface area contributed by atoms with Gasteiger partial charge in [0, 0.05) is 6.04 Å². The molecule has 1 aromatic rings. The van der Waals surface area contributed by atoms with Gasteiger partial charge in [-0.2, -0.15) is 0 Å². The monoisotopic (exact) mass is 251 g/mol. The molecule has 0 amide bonds. The van der Waals surface area contributed by atoms with Crippen molar-refractivity contribution in [3.8, 4) is 5.75 Å². The van der Waals surface area contributed by atoms with Gasteiger partial charge in [-0.15, -0.1) is 0 Å². The van der Waals surface area contributed by atoms with Crippen LogP contribution in [0.15, 0.2) is 24.3 Å². The molecule has 0 aliphatic rings. The fourth-order valence-electron chi connectivity index (χ4n) is 1.66. The number of benzene rings is 1. The van der Waals surface area contributed by atoms with Crippen LogP contribution in [0.5, 0.6) is 5.75 Å². The summed E-state index contributed by atoms with van der Waals surface area (Å²) in [5.74, 6) is 0.824. The van der Waals surface area contributed by atoms with Gasteiger partial charge in [0.05, 0.1) is 6.10 Å². The van der Waals surface area contributed by atoms with Gasteiger partial charge in [-0.3, -0.25) is 0 Å². The fraction of sp³-hybridized carbons (Fsp3) is 0.600. The Kier molecular flexibility index (Phi) is 6.76. The second-order valence-electron chi connectivity index (χ2n) is 4.62. The summed E-state index contributed by atoms with van der Waals surface area (Å²) in [6.07, 6.45) is 1.46. The van der Waals surface area contributed by atoms with Crippen molar-refractivity contribution in [2.45, 2.75) is 45.8 Å². The largest absolute Gasteiger partial charge is 0.491 e. The van der Waals surface area contributed by atoms with Crippen LogP contribution in [0, 0.1) is 0 Å². The molecule has 102 valence electrons. The lowest BCUT2D eigenvalue weighted by atomic mass is 10.1. The summed E-state index contributed by atoms with van der Waals surface area (Å²) in [6, 6.07) is 8.38. The van der Waals surface area contributed by atoms with Crippen molar-refractivity contribution in [3.63, 3.8) is 0 Å². The molecular formula is C15H25NO2. The molecule has 0 fully saturated rings. The molecule has 3 nitrogen and oxygen atoms in total. The Balaban J connectivity index is 2.55. The molecular weight excluding hydrogens is 226 g/mol. The van der Waals surface area contributed by atoms with E-state index >= 15 is 0 Å². The van der Waals surface area contributed by atoms with Crippen molar-refractivity contribution in [2.24, 2.45) is 0 Å². The lowest BCUT2D eigenvalue weighted by Gasteiger charge is -2.16. The second kappa shape index (κ2) is 8.11. The van der Waals surface area contributed by atoms with E-state index in [1.54, 1.807) is 0 Å². The van der Waals surface area contributed by atoms with E-state index in [4.69, 9.17) is 4.74 Å². The zero-order valence-corrected chi connectivity index (χ0v) is 11.6. The fourth-order valence-corrected chi connectivity index (χ4v) is 1.66. The number of aliphatic hydroxyl groups is 1. The summed E-state index contributed by atoms with van der Waals surface area (Å²) in [5.41, 5.74) is 1.21. The molecule has 0 aliphatic carbocycles. The number of nitrogens with one attached hydrogen (secondary N) is 1. The molecule has 2 atom stereocenters. The van der Waals surface area contributed by atoms with E-state index in [0.717, 1.165) is 18.7 Å². The first-order valence-corrected chi connectivity index (χ1v) is 6.81. The Hall–Kier alpha value is -1.06. The standard InChI is InChI=1S/C15H25NO2/c1-4-9-16-12(3)13-7-6-8-15(10-13)18-11-14(17)5-2/h6-8,10,12,14,16-17H,4-5,9,11H2,1-3H3. The zero-order valence-electron chi connectivity index (χ0n) is 11.6. The van der Waals surface area contributed by atoms with E-state index in [-0.39, 0.29) is 6.10 Å². The highest BCUT2D eigenvalue weighted by atomic mass is 16.5. The Morgan fingerprint density at radius 3 is 2.78 bits per heavy atom.